The fourth-order valence-corrected chi connectivity index (χ4v) is 2.35. The van der Waals surface area contributed by atoms with Gasteiger partial charge >= 0.3 is 0 Å². The van der Waals surface area contributed by atoms with E-state index in [9.17, 15) is 0 Å². The molecule has 0 aliphatic carbocycles. The predicted molar refractivity (Wildman–Crippen MR) is 72.8 cm³/mol. The standard InChI is InChI=1S/C13H22N4O/c1-3-18-13-11(14)12(15-9-16-13)17-7-4-5-10(2)6-8-17/h9-10H,3-8,14H2,1-2H3. The minimum Gasteiger partial charge on any atom is -0.476 e. The van der Waals surface area contributed by atoms with Crippen LogP contribution in [0.1, 0.15) is 33.1 Å². The van der Waals surface area contributed by atoms with Gasteiger partial charge in [0.25, 0.3) is 0 Å². The van der Waals surface area contributed by atoms with Crippen molar-refractivity contribution in [3.63, 3.8) is 0 Å². The van der Waals surface area contributed by atoms with Crippen molar-refractivity contribution in [3.8, 4) is 5.88 Å². The Balaban J connectivity index is 2.19. The zero-order valence-corrected chi connectivity index (χ0v) is 11.2. The summed E-state index contributed by atoms with van der Waals surface area (Å²) >= 11 is 0. The van der Waals surface area contributed by atoms with E-state index >= 15 is 0 Å². The molecule has 2 heterocycles. The molecule has 0 saturated carbocycles. The molecular formula is C13H22N4O. The second-order valence-electron chi connectivity index (χ2n) is 4.87. The van der Waals surface area contributed by atoms with Gasteiger partial charge in [0, 0.05) is 13.1 Å². The quantitative estimate of drug-likeness (QED) is 0.889. The van der Waals surface area contributed by atoms with Crippen LogP contribution in [0.5, 0.6) is 5.88 Å². The van der Waals surface area contributed by atoms with Crippen molar-refractivity contribution in [2.24, 2.45) is 5.92 Å². The molecule has 2 rings (SSSR count). The third-order valence-corrected chi connectivity index (χ3v) is 3.42. The molecule has 0 amide bonds. The van der Waals surface area contributed by atoms with Crippen LogP contribution in [-0.4, -0.2) is 29.7 Å². The maximum atomic E-state index is 6.09. The van der Waals surface area contributed by atoms with Crippen molar-refractivity contribution in [1.82, 2.24) is 9.97 Å². The van der Waals surface area contributed by atoms with Gasteiger partial charge in [0.1, 0.15) is 12.0 Å². The molecular weight excluding hydrogens is 228 g/mol. The maximum Gasteiger partial charge on any atom is 0.242 e. The minimum atomic E-state index is 0.500. The Labute approximate surface area is 108 Å². The summed E-state index contributed by atoms with van der Waals surface area (Å²) < 4.78 is 5.42. The Bertz CT molecular complexity index is 397. The number of hydrogen-bond acceptors (Lipinski definition) is 5. The zero-order chi connectivity index (χ0) is 13.0. The van der Waals surface area contributed by atoms with Crippen molar-refractivity contribution >= 4 is 11.5 Å². The second kappa shape index (κ2) is 5.89. The molecule has 1 aromatic heterocycles. The van der Waals surface area contributed by atoms with Gasteiger partial charge in [-0.2, -0.15) is 4.98 Å². The lowest BCUT2D eigenvalue weighted by Gasteiger charge is -2.23. The van der Waals surface area contributed by atoms with Crippen molar-refractivity contribution < 1.29 is 4.74 Å². The van der Waals surface area contributed by atoms with E-state index in [1.165, 1.54) is 25.6 Å². The van der Waals surface area contributed by atoms with Gasteiger partial charge in [-0.15, -0.1) is 0 Å². The molecule has 0 bridgehead atoms. The molecule has 0 spiro atoms. The Morgan fingerprint density at radius 2 is 2.22 bits per heavy atom. The molecule has 5 nitrogen and oxygen atoms in total. The molecule has 1 atom stereocenters. The first-order valence-electron chi connectivity index (χ1n) is 6.70. The number of anilines is 2. The van der Waals surface area contributed by atoms with Crippen molar-refractivity contribution in [2.45, 2.75) is 33.1 Å². The molecule has 100 valence electrons. The molecule has 0 aromatic carbocycles. The van der Waals surface area contributed by atoms with Gasteiger partial charge in [-0.3, -0.25) is 0 Å². The van der Waals surface area contributed by atoms with Gasteiger partial charge in [-0.1, -0.05) is 6.92 Å². The van der Waals surface area contributed by atoms with Crippen LogP contribution in [0.25, 0.3) is 0 Å². The summed E-state index contributed by atoms with van der Waals surface area (Å²) in [6.07, 6.45) is 5.19. The molecule has 1 unspecified atom stereocenters. The molecule has 1 saturated heterocycles. The summed E-state index contributed by atoms with van der Waals surface area (Å²) in [5.41, 5.74) is 6.66. The van der Waals surface area contributed by atoms with Gasteiger partial charge in [-0.05, 0) is 32.1 Å². The molecule has 1 fully saturated rings. The van der Waals surface area contributed by atoms with E-state index in [-0.39, 0.29) is 0 Å². The maximum absolute atomic E-state index is 6.09. The summed E-state index contributed by atoms with van der Waals surface area (Å²) in [6.45, 7) is 6.82. The van der Waals surface area contributed by atoms with Gasteiger partial charge in [0.2, 0.25) is 5.88 Å². The van der Waals surface area contributed by atoms with E-state index in [2.05, 4.69) is 21.8 Å². The first kappa shape index (κ1) is 12.9. The number of aromatic nitrogens is 2. The van der Waals surface area contributed by atoms with Crippen LogP contribution < -0.4 is 15.4 Å². The number of hydrogen-bond donors (Lipinski definition) is 1. The van der Waals surface area contributed by atoms with Crippen LogP contribution in [-0.2, 0) is 0 Å². The summed E-state index contributed by atoms with van der Waals surface area (Å²) in [5.74, 6) is 2.10. The first-order chi connectivity index (χ1) is 8.72. The minimum absolute atomic E-state index is 0.500. The van der Waals surface area contributed by atoms with Gasteiger partial charge in [0.15, 0.2) is 5.82 Å². The largest absolute Gasteiger partial charge is 0.476 e. The number of nitrogen functional groups attached to an aromatic ring is 1. The van der Waals surface area contributed by atoms with E-state index < -0.39 is 0 Å². The second-order valence-corrected chi connectivity index (χ2v) is 4.87. The number of nitrogens with zero attached hydrogens (tertiary/aromatic N) is 3. The van der Waals surface area contributed by atoms with Crippen molar-refractivity contribution in [1.29, 1.82) is 0 Å². The lowest BCUT2D eigenvalue weighted by molar-refractivity contribution is 0.328. The van der Waals surface area contributed by atoms with Crippen LogP contribution in [0.3, 0.4) is 0 Å². The Morgan fingerprint density at radius 3 is 3.00 bits per heavy atom. The Kier molecular flexibility index (Phi) is 4.23. The normalized spacial score (nSPS) is 20.6. The summed E-state index contributed by atoms with van der Waals surface area (Å²) in [5, 5.41) is 0. The smallest absolute Gasteiger partial charge is 0.242 e. The zero-order valence-electron chi connectivity index (χ0n) is 11.2. The van der Waals surface area contributed by atoms with Gasteiger partial charge in [0.05, 0.1) is 6.61 Å². The lowest BCUT2D eigenvalue weighted by Crippen LogP contribution is -2.26. The number of ether oxygens (including phenoxy) is 1. The highest BCUT2D eigenvalue weighted by molar-refractivity contribution is 5.67. The molecule has 5 heteroatoms. The third-order valence-electron chi connectivity index (χ3n) is 3.42. The van der Waals surface area contributed by atoms with Crippen molar-refractivity contribution in [3.05, 3.63) is 6.33 Å². The summed E-state index contributed by atoms with van der Waals surface area (Å²) in [6, 6.07) is 0. The Morgan fingerprint density at radius 1 is 1.39 bits per heavy atom. The van der Waals surface area contributed by atoms with Crippen molar-refractivity contribution in [2.75, 3.05) is 30.3 Å². The van der Waals surface area contributed by atoms with Crippen LogP contribution in [0.15, 0.2) is 6.33 Å². The molecule has 1 aliphatic rings. The van der Waals surface area contributed by atoms with Crippen LogP contribution >= 0.6 is 0 Å². The Hall–Kier alpha value is -1.52. The average Bonchev–Trinajstić information content (AvgIpc) is 2.57. The molecule has 18 heavy (non-hydrogen) atoms. The number of nitrogens with two attached hydrogens (primary N) is 1. The van der Waals surface area contributed by atoms with Crippen LogP contribution in [0, 0.1) is 5.92 Å². The highest BCUT2D eigenvalue weighted by Gasteiger charge is 2.19. The summed E-state index contributed by atoms with van der Waals surface area (Å²) in [4.78, 5) is 10.7. The lowest BCUT2D eigenvalue weighted by atomic mass is 10.0. The van der Waals surface area contributed by atoms with Gasteiger partial charge < -0.3 is 15.4 Å². The number of rotatable bonds is 3. The van der Waals surface area contributed by atoms with E-state index in [4.69, 9.17) is 10.5 Å². The average molecular weight is 250 g/mol. The third kappa shape index (κ3) is 2.83. The molecule has 0 radical (unpaired) electrons. The fraction of sp³-hybridized carbons (Fsp3) is 0.692. The van der Waals surface area contributed by atoms with E-state index in [1.54, 1.807) is 0 Å². The monoisotopic (exact) mass is 250 g/mol. The molecule has 2 N–H and O–H groups in total. The van der Waals surface area contributed by atoms with Crippen LogP contribution in [0.4, 0.5) is 11.5 Å². The highest BCUT2D eigenvalue weighted by atomic mass is 16.5. The van der Waals surface area contributed by atoms with E-state index in [0.29, 0.717) is 18.2 Å². The van der Waals surface area contributed by atoms with E-state index in [1.807, 2.05) is 6.92 Å². The van der Waals surface area contributed by atoms with Gasteiger partial charge in [-0.25, -0.2) is 4.98 Å². The fourth-order valence-electron chi connectivity index (χ4n) is 2.35. The first-order valence-corrected chi connectivity index (χ1v) is 6.70. The summed E-state index contributed by atoms with van der Waals surface area (Å²) in [7, 11) is 0. The topological polar surface area (TPSA) is 64.3 Å². The van der Waals surface area contributed by atoms with E-state index in [0.717, 1.165) is 24.8 Å². The SMILES string of the molecule is CCOc1ncnc(N2CCCC(C)CC2)c1N. The molecule has 1 aliphatic heterocycles. The van der Waals surface area contributed by atoms with Crippen LogP contribution in [0.2, 0.25) is 0 Å². The predicted octanol–water partition coefficient (Wildman–Crippen LogP) is 2.08. The molecule has 1 aromatic rings. The highest BCUT2D eigenvalue weighted by Crippen LogP contribution is 2.30.